The van der Waals surface area contributed by atoms with E-state index in [9.17, 15) is 4.79 Å². The Hall–Kier alpha value is -2.68. The molecule has 1 N–H and O–H groups in total. The molecule has 1 aromatic carbocycles. The molecule has 5 nitrogen and oxygen atoms in total. The first kappa shape index (κ1) is 23.5. The van der Waals surface area contributed by atoms with E-state index in [1.807, 2.05) is 6.08 Å². The molecule has 3 aliphatic rings. The number of nitrogens with one attached hydrogen (secondary N) is 1. The van der Waals surface area contributed by atoms with Crippen LogP contribution in [0.15, 0.2) is 47.7 Å². The molecule has 4 rings (SSSR count). The van der Waals surface area contributed by atoms with Gasteiger partial charge in [-0.1, -0.05) is 39.0 Å². The quantitative estimate of drug-likeness (QED) is 0.590. The minimum Gasteiger partial charge on any atom is -0.322 e. The molecule has 1 aromatic rings. The Morgan fingerprint density at radius 3 is 2.55 bits per heavy atom. The lowest BCUT2D eigenvalue weighted by molar-refractivity contribution is -0.112. The molecule has 0 bridgehead atoms. The molecule has 1 saturated heterocycles. The van der Waals surface area contributed by atoms with Crippen LogP contribution in [0.2, 0.25) is 0 Å². The minimum absolute atomic E-state index is 0.105. The van der Waals surface area contributed by atoms with Crippen LogP contribution >= 0.6 is 0 Å². The summed E-state index contributed by atoms with van der Waals surface area (Å²) in [6.07, 6.45) is 9.65. The van der Waals surface area contributed by atoms with Crippen molar-refractivity contribution >= 4 is 17.2 Å². The summed E-state index contributed by atoms with van der Waals surface area (Å²) < 4.78 is 0. The number of hydrogen-bond donors (Lipinski definition) is 1. The number of carbonyl (C=O) groups excluding carboxylic acids is 1. The number of benzene rings is 1. The zero-order valence-electron chi connectivity index (χ0n) is 20.3. The summed E-state index contributed by atoms with van der Waals surface area (Å²) in [7, 11) is 0. The molecule has 0 saturated carbocycles. The average molecular weight is 445 g/mol. The van der Waals surface area contributed by atoms with Crippen molar-refractivity contribution in [1.29, 1.82) is 0 Å². The Labute approximate surface area is 198 Å². The second-order valence-corrected chi connectivity index (χ2v) is 10.3. The summed E-state index contributed by atoms with van der Waals surface area (Å²) in [4.78, 5) is 21.4. The highest BCUT2D eigenvalue weighted by Gasteiger charge is 2.24. The van der Waals surface area contributed by atoms with Gasteiger partial charge in [0.15, 0.2) is 5.70 Å². The van der Waals surface area contributed by atoms with Gasteiger partial charge in [-0.3, -0.25) is 9.69 Å². The fourth-order valence-electron chi connectivity index (χ4n) is 4.86. The van der Waals surface area contributed by atoms with Gasteiger partial charge < -0.3 is 10.2 Å². The number of allylic oxidation sites excluding steroid dienone is 4. The standard InChI is InChI=1S/C28H36N4O/c1-5-31-14-16-32(17-15-31)20-21-6-9-26(30-27(33)23-7-8-24(19-23)29-4)25(18-21)22-10-12-28(2,3)13-11-22/h6,8-10,18-19H,5,7,11-17,20H2,1-3H3,(H,30,33). The third-order valence-electron chi connectivity index (χ3n) is 7.24. The Bertz CT molecular complexity index is 1030. The first-order valence-electron chi connectivity index (χ1n) is 12.2. The zero-order valence-corrected chi connectivity index (χ0v) is 20.3. The molecule has 1 fully saturated rings. The van der Waals surface area contributed by atoms with Gasteiger partial charge in [0.05, 0.1) is 6.57 Å². The van der Waals surface area contributed by atoms with Gasteiger partial charge in [-0.2, -0.15) is 0 Å². The van der Waals surface area contributed by atoms with E-state index in [4.69, 9.17) is 6.57 Å². The van der Waals surface area contributed by atoms with Crippen molar-refractivity contribution in [3.05, 3.63) is 70.2 Å². The summed E-state index contributed by atoms with van der Waals surface area (Å²) in [6, 6.07) is 6.52. The second-order valence-electron chi connectivity index (χ2n) is 10.3. The smallest absolute Gasteiger partial charge is 0.250 e. The number of carbonyl (C=O) groups is 1. The van der Waals surface area contributed by atoms with Gasteiger partial charge in [0.1, 0.15) is 0 Å². The number of piperazine rings is 1. The molecule has 0 spiro atoms. The average Bonchev–Trinajstić information content (AvgIpc) is 3.30. The second kappa shape index (κ2) is 10.1. The molecule has 1 amide bonds. The number of hydrogen-bond acceptors (Lipinski definition) is 3. The first-order valence-corrected chi connectivity index (χ1v) is 12.2. The monoisotopic (exact) mass is 444 g/mol. The van der Waals surface area contributed by atoms with Gasteiger partial charge in [-0.15, -0.1) is 0 Å². The van der Waals surface area contributed by atoms with Crippen molar-refractivity contribution < 1.29 is 4.79 Å². The van der Waals surface area contributed by atoms with E-state index in [2.05, 4.69) is 65.0 Å². The predicted molar refractivity (Wildman–Crippen MR) is 135 cm³/mol. The number of rotatable bonds is 6. The molecule has 0 radical (unpaired) electrons. The lowest BCUT2D eigenvalue weighted by Crippen LogP contribution is -2.45. The molecule has 5 heteroatoms. The molecule has 174 valence electrons. The van der Waals surface area contributed by atoms with E-state index < -0.39 is 0 Å². The van der Waals surface area contributed by atoms with E-state index in [-0.39, 0.29) is 5.91 Å². The van der Waals surface area contributed by atoms with E-state index >= 15 is 0 Å². The predicted octanol–water partition coefficient (Wildman–Crippen LogP) is 5.49. The van der Waals surface area contributed by atoms with Crippen LogP contribution in [-0.2, 0) is 11.3 Å². The van der Waals surface area contributed by atoms with Crippen molar-refractivity contribution in [2.45, 2.75) is 53.0 Å². The van der Waals surface area contributed by atoms with Crippen LogP contribution in [0.4, 0.5) is 5.69 Å². The van der Waals surface area contributed by atoms with Gasteiger partial charge in [-0.05, 0) is 67.0 Å². The van der Waals surface area contributed by atoms with Gasteiger partial charge in [0, 0.05) is 49.5 Å². The van der Waals surface area contributed by atoms with Gasteiger partial charge in [0.25, 0.3) is 5.91 Å². The lowest BCUT2D eigenvalue weighted by Gasteiger charge is -2.34. The Morgan fingerprint density at radius 2 is 1.91 bits per heavy atom. The van der Waals surface area contributed by atoms with Crippen molar-refractivity contribution in [3.8, 4) is 0 Å². The number of anilines is 1. The maximum absolute atomic E-state index is 12.9. The maximum atomic E-state index is 12.9. The van der Waals surface area contributed by atoms with Crippen LogP contribution in [0.5, 0.6) is 0 Å². The van der Waals surface area contributed by atoms with Gasteiger partial charge in [0.2, 0.25) is 0 Å². The number of nitrogens with zero attached hydrogens (tertiary/aromatic N) is 3. The summed E-state index contributed by atoms with van der Waals surface area (Å²) in [6.45, 7) is 20.6. The molecule has 1 aliphatic heterocycles. The van der Waals surface area contributed by atoms with Crippen LogP contribution in [0.25, 0.3) is 10.4 Å². The Morgan fingerprint density at radius 1 is 1.15 bits per heavy atom. The van der Waals surface area contributed by atoms with Crippen molar-refractivity contribution in [3.63, 3.8) is 0 Å². The van der Waals surface area contributed by atoms with Crippen molar-refractivity contribution in [2.75, 3.05) is 38.0 Å². The fraction of sp³-hybridized carbons (Fsp3) is 0.500. The minimum atomic E-state index is -0.105. The lowest BCUT2D eigenvalue weighted by atomic mass is 9.76. The van der Waals surface area contributed by atoms with E-state index in [0.29, 0.717) is 23.1 Å². The highest BCUT2D eigenvalue weighted by Crippen LogP contribution is 2.40. The summed E-state index contributed by atoms with van der Waals surface area (Å²) in [5.74, 6) is -0.105. The maximum Gasteiger partial charge on any atom is 0.250 e. The summed E-state index contributed by atoms with van der Waals surface area (Å²) in [5, 5.41) is 3.15. The van der Waals surface area contributed by atoms with Crippen molar-refractivity contribution in [2.24, 2.45) is 5.41 Å². The highest BCUT2D eigenvalue weighted by molar-refractivity contribution is 6.06. The third kappa shape index (κ3) is 5.82. The molecular formula is C28H36N4O. The topological polar surface area (TPSA) is 39.9 Å². The summed E-state index contributed by atoms with van der Waals surface area (Å²) >= 11 is 0. The molecule has 2 aliphatic carbocycles. The van der Waals surface area contributed by atoms with Gasteiger partial charge in [-0.25, -0.2) is 4.85 Å². The van der Waals surface area contributed by atoms with Gasteiger partial charge >= 0.3 is 0 Å². The molecule has 33 heavy (non-hydrogen) atoms. The van der Waals surface area contributed by atoms with Crippen LogP contribution < -0.4 is 5.32 Å². The van der Waals surface area contributed by atoms with Crippen LogP contribution in [0.1, 0.15) is 57.6 Å². The molecule has 0 atom stereocenters. The van der Waals surface area contributed by atoms with Crippen LogP contribution in [0, 0.1) is 12.0 Å². The molecule has 0 aromatic heterocycles. The largest absolute Gasteiger partial charge is 0.322 e. The highest BCUT2D eigenvalue weighted by atomic mass is 16.1. The Kier molecular flexibility index (Phi) is 7.17. The zero-order chi connectivity index (χ0) is 23.4. The molecule has 1 heterocycles. The first-order chi connectivity index (χ1) is 15.9. The van der Waals surface area contributed by atoms with E-state index in [1.165, 1.54) is 11.1 Å². The third-order valence-corrected chi connectivity index (χ3v) is 7.24. The van der Waals surface area contributed by atoms with Crippen molar-refractivity contribution in [1.82, 2.24) is 9.80 Å². The Balaban J connectivity index is 1.55. The molecular weight excluding hydrogens is 408 g/mol. The molecule has 0 unspecified atom stereocenters. The van der Waals surface area contributed by atoms with E-state index in [0.717, 1.165) is 69.8 Å². The number of likely N-dealkylation sites (N-methyl/N-ethyl adjacent to an activating group) is 1. The summed E-state index contributed by atoms with van der Waals surface area (Å²) in [5.41, 5.74) is 6.21. The van der Waals surface area contributed by atoms with E-state index in [1.54, 1.807) is 6.08 Å². The van der Waals surface area contributed by atoms with Crippen LogP contribution in [0.3, 0.4) is 0 Å². The normalized spacial score (nSPS) is 21.1. The van der Waals surface area contributed by atoms with Crippen LogP contribution in [-0.4, -0.2) is 48.4 Å². The number of amides is 1. The fourth-order valence-corrected chi connectivity index (χ4v) is 4.86. The SMILES string of the molecule is [C-]#[N+]C1=CCC(C(=O)Nc2ccc(CN3CCN(CC)CC3)cc2C2=CCC(C)(C)CC2)=C1.